The van der Waals surface area contributed by atoms with Crippen LogP contribution in [0.5, 0.6) is 11.5 Å². The number of rotatable bonds is 9. The highest BCUT2D eigenvalue weighted by Gasteiger charge is 2.59. The van der Waals surface area contributed by atoms with E-state index >= 15 is 0 Å². The minimum absolute atomic E-state index is 0.130. The minimum atomic E-state index is -2.30. The van der Waals surface area contributed by atoms with Gasteiger partial charge in [0.2, 0.25) is 6.79 Å². The van der Waals surface area contributed by atoms with Crippen LogP contribution in [0.15, 0.2) is 24.0 Å². The fourth-order valence-electron chi connectivity index (χ4n) is 6.68. The number of nitrogens with zero attached hydrogens (tertiary/aromatic N) is 1. The summed E-state index contributed by atoms with van der Waals surface area (Å²) in [7, 11) is -0.384. The molecule has 2 N–H and O–H groups in total. The lowest BCUT2D eigenvalue weighted by Gasteiger charge is -2.39. The smallest absolute Gasteiger partial charge is 0.339 e. The fraction of sp³-hybridized carbons (Fsp3) is 0.655. The summed E-state index contributed by atoms with van der Waals surface area (Å²) >= 11 is 0. The Morgan fingerprint density at radius 2 is 1.97 bits per heavy atom. The van der Waals surface area contributed by atoms with Crippen LogP contribution >= 0.6 is 0 Å². The monoisotopic (exact) mass is 547 g/mol. The van der Waals surface area contributed by atoms with Gasteiger partial charge in [-0.2, -0.15) is 0 Å². The number of esters is 2. The molecule has 1 aliphatic carbocycles. The molecule has 1 fully saturated rings. The van der Waals surface area contributed by atoms with E-state index in [-0.39, 0.29) is 32.0 Å². The summed E-state index contributed by atoms with van der Waals surface area (Å²) in [6, 6.07) is 3.94. The number of aliphatic hydroxyl groups is 2. The molecule has 0 saturated carbocycles. The van der Waals surface area contributed by atoms with E-state index in [1.54, 1.807) is 13.8 Å². The van der Waals surface area contributed by atoms with Crippen LogP contribution in [-0.2, 0) is 30.2 Å². The average Bonchev–Trinajstić information content (AvgIpc) is 3.56. The number of hydrogen-bond acceptors (Lipinski definition) is 10. The standard InChI is InChI=1S/C29H39NO9/c1-27(2,33)8-5-10-29(34,16-23(31)36-4)26(32)39-25-22(35-3)15-28-9-6-11-30(28)12-7-18-13-20-21(38-17-37-20)14-19(18)24(25)28/h13-15,24-25,33-34H,5-12,16-17H2,1-4H3/t24-,25?,28+,29?/m1/s1/i4D2. The van der Waals surface area contributed by atoms with Crippen LogP contribution in [-0.4, -0.2) is 84.0 Å². The molecular weight excluding hydrogens is 506 g/mol. The highest BCUT2D eigenvalue weighted by molar-refractivity contribution is 5.86. The van der Waals surface area contributed by atoms with E-state index in [9.17, 15) is 19.8 Å². The van der Waals surface area contributed by atoms with Crippen molar-refractivity contribution in [3.05, 3.63) is 35.1 Å². The summed E-state index contributed by atoms with van der Waals surface area (Å²) < 4.78 is 42.3. The number of fused-ring (bicyclic) bond motifs is 3. The third kappa shape index (κ3) is 5.10. The molecule has 10 nitrogen and oxygen atoms in total. The average molecular weight is 548 g/mol. The second kappa shape index (κ2) is 10.3. The summed E-state index contributed by atoms with van der Waals surface area (Å²) in [6.45, 7) is 5.02. The lowest BCUT2D eigenvalue weighted by Crippen LogP contribution is -2.49. The first-order chi connectivity index (χ1) is 19.3. The van der Waals surface area contributed by atoms with Gasteiger partial charge in [0.25, 0.3) is 0 Å². The lowest BCUT2D eigenvalue weighted by atomic mass is 9.77. The molecule has 2 unspecified atom stereocenters. The maximum absolute atomic E-state index is 13.8. The lowest BCUT2D eigenvalue weighted by molar-refractivity contribution is -0.178. The Hall–Kier alpha value is -2.82. The Kier molecular flexibility index (Phi) is 6.64. The second-order valence-corrected chi connectivity index (χ2v) is 11.7. The second-order valence-electron chi connectivity index (χ2n) is 11.7. The first-order valence-electron chi connectivity index (χ1n) is 14.6. The molecule has 3 aliphatic heterocycles. The van der Waals surface area contributed by atoms with E-state index < -0.39 is 48.3 Å². The molecule has 0 bridgehead atoms. The number of methoxy groups -OCH3 is 2. The van der Waals surface area contributed by atoms with Gasteiger partial charge in [-0.1, -0.05) is 0 Å². The topological polar surface area (TPSA) is 124 Å². The van der Waals surface area contributed by atoms with Gasteiger partial charge < -0.3 is 33.9 Å². The Labute approximate surface area is 231 Å². The Balaban J connectivity index is 1.49. The van der Waals surface area contributed by atoms with Crippen LogP contribution in [0.25, 0.3) is 0 Å². The largest absolute Gasteiger partial charge is 0.497 e. The Morgan fingerprint density at radius 1 is 1.21 bits per heavy atom. The zero-order valence-electron chi connectivity index (χ0n) is 24.7. The van der Waals surface area contributed by atoms with Crippen molar-refractivity contribution in [2.24, 2.45) is 0 Å². The van der Waals surface area contributed by atoms with E-state index in [0.717, 1.165) is 43.5 Å². The summed E-state index contributed by atoms with van der Waals surface area (Å²) in [5.41, 5.74) is -1.82. The molecule has 0 amide bonds. The van der Waals surface area contributed by atoms with Crippen molar-refractivity contribution in [3.63, 3.8) is 0 Å². The van der Waals surface area contributed by atoms with Crippen molar-refractivity contribution >= 4 is 11.9 Å². The molecule has 39 heavy (non-hydrogen) atoms. The van der Waals surface area contributed by atoms with Crippen molar-refractivity contribution < 1.29 is 46.2 Å². The van der Waals surface area contributed by atoms with Crippen molar-refractivity contribution in [2.45, 2.75) is 87.6 Å². The van der Waals surface area contributed by atoms with Crippen molar-refractivity contribution in [1.29, 1.82) is 0 Å². The van der Waals surface area contributed by atoms with Crippen LogP contribution in [0, 0.1) is 0 Å². The third-order valence-electron chi connectivity index (χ3n) is 8.53. The van der Waals surface area contributed by atoms with Crippen molar-refractivity contribution in [1.82, 2.24) is 4.90 Å². The predicted octanol–water partition coefficient (Wildman–Crippen LogP) is 2.58. The first kappa shape index (κ1) is 25.2. The van der Waals surface area contributed by atoms with Gasteiger partial charge in [-0.3, -0.25) is 9.69 Å². The summed E-state index contributed by atoms with van der Waals surface area (Å²) in [5, 5.41) is 21.7. The van der Waals surface area contributed by atoms with E-state index in [2.05, 4.69) is 9.64 Å². The number of ether oxygens (including phenoxy) is 5. The molecule has 1 spiro atoms. The number of carbonyl (C=O) groups excluding carboxylic acids is 2. The zero-order chi connectivity index (χ0) is 29.6. The maximum atomic E-state index is 13.8. The van der Waals surface area contributed by atoms with Gasteiger partial charge in [0, 0.05) is 6.54 Å². The maximum Gasteiger partial charge on any atom is 0.339 e. The van der Waals surface area contributed by atoms with E-state index in [1.165, 1.54) is 7.11 Å². The normalized spacial score (nSPS) is 27.8. The van der Waals surface area contributed by atoms with Gasteiger partial charge in [0.15, 0.2) is 23.2 Å². The van der Waals surface area contributed by atoms with Gasteiger partial charge in [-0.05, 0) is 88.3 Å². The van der Waals surface area contributed by atoms with Gasteiger partial charge in [0.05, 0.1) is 40.4 Å². The molecule has 0 radical (unpaired) electrons. The molecule has 1 saturated heterocycles. The molecule has 214 valence electrons. The molecule has 10 heteroatoms. The Morgan fingerprint density at radius 3 is 2.69 bits per heavy atom. The van der Waals surface area contributed by atoms with Crippen LogP contribution < -0.4 is 9.47 Å². The molecule has 4 atom stereocenters. The van der Waals surface area contributed by atoms with E-state index in [0.29, 0.717) is 17.3 Å². The molecule has 4 aliphatic rings. The number of hydrogen-bond donors (Lipinski definition) is 2. The van der Waals surface area contributed by atoms with Gasteiger partial charge in [-0.15, -0.1) is 0 Å². The molecular formula is C29H39NO9. The highest BCUT2D eigenvalue weighted by atomic mass is 16.7. The predicted molar refractivity (Wildman–Crippen MR) is 139 cm³/mol. The summed E-state index contributed by atoms with van der Waals surface area (Å²) in [6.07, 6.45) is 3.17. The van der Waals surface area contributed by atoms with Crippen LogP contribution in [0.2, 0.25) is 0 Å². The van der Waals surface area contributed by atoms with Crippen LogP contribution in [0.3, 0.4) is 0 Å². The summed E-state index contributed by atoms with van der Waals surface area (Å²) in [5.74, 6) is -0.713. The number of benzene rings is 1. The van der Waals surface area contributed by atoms with Crippen molar-refractivity contribution in [2.75, 3.05) is 34.1 Å². The Bertz CT molecular complexity index is 1220. The quantitative estimate of drug-likeness (QED) is 0.446. The molecule has 1 aromatic carbocycles. The minimum Gasteiger partial charge on any atom is -0.497 e. The number of carbonyl (C=O) groups is 2. The molecule has 5 rings (SSSR count). The van der Waals surface area contributed by atoms with E-state index in [4.69, 9.17) is 21.7 Å². The summed E-state index contributed by atoms with van der Waals surface area (Å²) in [4.78, 5) is 28.7. The first-order valence-corrected chi connectivity index (χ1v) is 13.5. The zero-order valence-corrected chi connectivity index (χ0v) is 22.7. The van der Waals surface area contributed by atoms with Gasteiger partial charge in [0.1, 0.15) is 5.76 Å². The van der Waals surface area contributed by atoms with Crippen molar-refractivity contribution in [3.8, 4) is 11.5 Å². The van der Waals surface area contributed by atoms with Crippen LogP contribution in [0.4, 0.5) is 0 Å². The molecule has 3 heterocycles. The third-order valence-corrected chi connectivity index (χ3v) is 8.53. The van der Waals surface area contributed by atoms with Crippen LogP contribution in [0.1, 0.15) is 72.2 Å². The fourth-order valence-corrected chi connectivity index (χ4v) is 6.68. The van der Waals surface area contributed by atoms with Gasteiger partial charge >= 0.3 is 11.9 Å². The SMILES string of the molecule is [2H]C([2H])OC(=O)CC(O)(CCCC(C)(C)O)C(=O)OC1C(OC)=C[C@]23CCCN2CCc2cc4c(cc2[C@H]13)OCO4. The molecule has 0 aromatic heterocycles. The van der Waals surface area contributed by atoms with Gasteiger partial charge in [-0.25, -0.2) is 4.79 Å². The van der Waals surface area contributed by atoms with E-state index in [1.807, 2.05) is 18.2 Å². The highest BCUT2D eigenvalue weighted by Crippen LogP contribution is 2.55. The molecule has 1 aromatic rings.